The molecule has 0 unspecified atom stereocenters. The normalized spacial score (nSPS) is 16.3. The summed E-state index contributed by atoms with van der Waals surface area (Å²) in [7, 11) is 1.65. The van der Waals surface area contributed by atoms with Gasteiger partial charge in [-0.1, -0.05) is 11.8 Å². The Morgan fingerprint density at radius 3 is 2.68 bits per heavy atom. The lowest BCUT2D eigenvalue weighted by Gasteiger charge is -2.27. The highest BCUT2D eigenvalue weighted by atomic mass is 32.2. The van der Waals surface area contributed by atoms with Gasteiger partial charge in [-0.05, 0) is 68.0 Å². The maximum Gasteiger partial charge on any atom is 0.268 e. The third-order valence-corrected chi connectivity index (χ3v) is 8.47. The Morgan fingerprint density at radius 1 is 1.15 bits per heavy atom. The standard InChI is InChI=1S/C24H26N6O2S2/c1-32-17-9-5-15(6-10-17)19-13-18-21(34-19)22(31)26-20(25-18)14-33-24-28-27-23(30(24)16-7-8-16)29-11-3-2-4-12-29/h5-6,9-10,13,16H,2-4,7-8,11-12,14H2,1H3,(H,25,26,31). The lowest BCUT2D eigenvalue weighted by Crippen LogP contribution is -2.31. The van der Waals surface area contributed by atoms with E-state index < -0.39 is 0 Å². The number of hydrogen-bond acceptors (Lipinski definition) is 8. The van der Waals surface area contributed by atoms with Gasteiger partial charge in [0.1, 0.15) is 16.3 Å². The van der Waals surface area contributed by atoms with Gasteiger partial charge in [-0.15, -0.1) is 21.5 Å². The van der Waals surface area contributed by atoms with Gasteiger partial charge in [0, 0.05) is 24.0 Å². The number of anilines is 1. The Morgan fingerprint density at radius 2 is 1.94 bits per heavy atom. The summed E-state index contributed by atoms with van der Waals surface area (Å²) in [5, 5.41) is 9.98. The van der Waals surface area contributed by atoms with E-state index >= 15 is 0 Å². The lowest BCUT2D eigenvalue weighted by atomic mass is 10.1. The fourth-order valence-electron chi connectivity index (χ4n) is 4.42. The summed E-state index contributed by atoms with van der Waals surface area (Å²) < 4.78 is 8.20. The van der Waals surface area contributed by atoms with Crippen LogP contribution in [0.25, 0.3) is 20.7 Å². The van der Waals surface area contributed by atoms with Gasteiger partial charge in [0.15, 0.2) is 5.16 Å². The molecule has 34 heavy (non-hydrogen) atoms. The minimum Gasteiger partial charge on any atom is -0.497 e. The van der Waals surface area contributed by atoms with Crippen molar-refractivity contribution in [1.82, 2.24) is 24.7 Å². The van der Waals surface area contributed by atoms with Crippen molar-refractivity contribution in [3.05, 3.63) is 46.5 Å². The van der Waals surface area contributed by atoms with Crippen LogP contribution in [-0.2, 0) is 5.75 Å². The lowest BCUT2D eigenvalue weighted by molar-refractivity contribution is 0.415. The summed E-state index contributed by atoms with van der Waals surface area (Å²) in [6.07, 6.45) is 6.07. The predicted molar refractivity (Wildman–Crippen MR) is 136 cm³/mol. The third kappa shape index (κ3) is 4.20. The molecule has 1 saturated heterocycles. The molecule has 1 aromatic carbocycles. The predicted octanol–water partition coefficient (Wildman–Crippen LogP) is 4.87. The van der Waals surface area contributed by atoms with Crippen molar-refractivity contribution in [1.29, 1.82) is 0 Å². The number of aromatic nitrogens is 5. The number of nitrogens with one attached hydrogen (secondary N) is 1. The first-order chi connectivity index (χ1) is 16.7. The van der Waals surface area contributed by atoms with E-state index in [2.05, 4.69) is 24.6 Å². The summed E-state index contributed by atoms with van der Waals surface area (Å²) >= 11 is 3.06. The van der Waals surface area contributed by atoms with Crippen molar-refractivity contribution in [3.63, 3.8) is 0 Å². The van der Waals surface area contributed by atoms with Crippen molar-refractivity contribution in [2.45, 2.75) is 49.1 Å². The van der Waals surface area contributed by atoms with Crippen molar-refractivity contribution in [3.8, 4) is 16.2 Å². The van der Waals surface area contributed by atoms with Crippen LogP contribution < -0.4 is 15.2 Å². The Hall–Kier alpha value is -2.85. The second kappa shape index (κ2) is 9.07. The zero-order valence-corrected chi connectivity index (χ0v) is 20.6. The third-order valence-electron chi connectivity index (χ3n) is 6.34. The van der Waals surface area contributed by atoms with Crippen molar-refractivity contribution >= 4 is 39.3 Å². The topological polar surface area (TPSA) is 88.9 Å². The maximum atomic E-state index is 12.8. The number of nitrogens with zero attached hydrogens (tertiary/aromatic N) is 5. The molecule has 176 valence electrons. The second-order valence-corrected chi connectivity index (χ2v) is 10.8. The Bertz CT molecular complexity index is 1370. The van der Waals surface area contributed by atoms with E-state index in [0.717, 1.165) is 45.9 Å². The number of thiophene rings is 1. The van der Waals surface area contributed by atoms with Crippen molar-refractivity contribution in [2.75, 3.05) is 25.1 Å². The van der Waals surface area contributed by atoms with E-state index in [-0.39, 0.29) is 5.56 Å². The summed E-state index contributed by atoms with van der Waals surface area (Å²) in [6, 6.07) is 10.3. The average molecular weight is 495 g/mol. The monoisotopic (exact) mass is 494 g/mol. The summed E-state index contributed by atoms with van der Waals surface area (Å²) in [4.78, 5) is 23.9. The molecule has 1 N–H and O–H groups in total. The number of thioether (sulfide) groups is 1. The van der Waals surface area contributed by atoms with Crippen LogP contribution in [0.2, 0.25) is 0 Å². The molecule has 1 saturated carbocycles. The Labute approximate surface area is 205 Å². The molecule has 0 radical (unpaired) electrons. The van der Waals surface area contributed by atoms with Crippen LogP contribution in [0.4, 0.5) is 5.95 Å². The van der Waals surface area contributed by atoms with Crippen LogP contribution in [-0.4, -0.2) is 44.9 Å². The van der Waals surface area contributed by atoms with Crippen molar-refractivity contribution in [2.24, 2.45) is 0 Å². The molecule has 4 heterocycles. The highest BCUT2D eigenvalue weighted by Gasteiger charge is 2.32. The van der Waals surface area contributed by atoms with Gasteiger partial charge in [0.05, 0.1) is 18.4 Å². The van der Waals surface area contributed by atoms with Gasteiger partial charge >= 0.3 is 0 Å². The molecule has 10 heteroatoms. The SMILES string of the molecule is COc1ccc(-c2cc3nc(CSc4nnc(N5CCCCC5)n4C4CC4)[nH]c(=O)c3s2)cc1. The van der Waals surface area contributed by atoms with E-state index in [1.54, 1.807) is 18.9 Å². The first-order valence-electron chi connectivity index (χ1n) is 11.7. The van der Waals surface area contributed by atoms with Crippen LogP contribution in [0, 0.1) is 0 Å². The quantitative estimate of drug-likeness (QED) is 0.367. The number of benzene rings is 1. The largest absolute Gasteiger partial charge is 0.497 e. The first kappa shape index (κ1) is 21.7. The highest BCUT2D eigenvalue weighted by Crippen LogP contribution is 2.41. The molecule has 3 aromatic heterocycles. The molecular weight excluding hydrogens is 468 g/mol. The molecule has 8 nitrogen and oxygen atoms in total. The molecule has 0 atom stereocenters. The van der Waals surface area contributed by atoms with Crippen LogP contribution >= 0.6 is 23.1 Å². The molecule has 1 aliphatic carbocycles. The van der Waals surface area contributed by atoms with Gasteiger partial charge in [-0.25, -0.2) is 4.98 Å². The zero-order valence-electron chi connectivity index (χ0n) is 19.0. The molecule has 2 aliphatic rings. The zero-order chi connectivity index (χ0) is 23.1. The molecule has 0 amide bonds. The second-order valence-electron chi connectivity index (χ2n) is 8.79. The van der Waals surface area contributed by atoms with Crippen LogP contribution in [0.5, 0.6) is 5.75 Å². The number of rotatable bonds is 7. The number of aromatic amines is 1. The average Bonchev–Trinajstić information content (AvgIpc) is 3.47. The number of fused-ring (bicyclic) bond motifs is 1. The van der Waals surface area contributed by atoms with E-state index in [4.69, 9.17) is 9.72 Å². The molecule has 0 bridgehead atoms. The number of methoxy groups -OCH3 is 1. The highest BCUT2D eigenvalue weighted by molar-refractivity contribution is 7.98. The van der Waals surface area contributed by atoms with Crippen LogP contribution in [0.1, 0.15) is 44.0 Å². The number of H-pyrrole nitrogens is 1. The van der Waals surface area contributed by atoms with E-state index in [9.17, 15) is 4.79 Å². The van der Waals surface area contributed by atoms with E-state index in [0.29, 0.717) is 22.3 Å². The number of hydrogen-bond donors (Lipinski definition) is 1. The maximum absolute atomic E-state index is 12.8. The number of ether oxygens (including phenoxy) is 1. The van der Waals surface area contributed by atoms with Gasteiger partial charge in [-0.2, -0.15) is 0 Å². The van der Waals surface area contributed by atoms with Crippen LogP contribution in [0.3, 0.4) is 0 Å². The van der Waals surface area contributed by atoms with Gasteiger partial charge in [-0.3, -0.25) is 9.36 Å². The van der Waals surface area contributed by atoms with Crippen molar-refractivity contribution < 1.29 is 4.74 Å². The van der Waals surface area contributed by atoms with Gasteiger partial charge < -0.3 is 14.6 Å². The molecule has 2 fully saturated rings. The summed E-state index contributed by atoms with van der Waals surface area (Å²) in [5.41, 5.74) is 1.68. The fourth-order valence-corrected chi connectivity index (χ4v) is 6.28. The van der Waals surface area contributed by atoms with Crippen LogP contribution in [0.15, 0.2) is 40.3 Å². The first-order valence-corrected chi connectivity index (χ1v) is 13.5. The van der Waals surface area contributed by atoms with Gasteiger partial charge in [0.25, 0.3) is 5.56 Å². The smallest absolute Gasteiger partial charge is 0.268 e. The summed E-state index contributed by atoms with van der Waals surface area (Å²) in [6.45, 7) is 2.10. The van der Waals surface area contributed by atoms with Gasteiger partial charge in [0.2, 0.25) is 5.95 Å². The van der Waals surface area contributed by atoms with E-state index in [1.807, 2.05) is 30.3 Å². The minimum absolute atomic E-state index is 0.0944. The molecule has 4 aromatic rings. The molecule has 1 aliphatic heterocycles. The minimum atomic E-state index is -0.0944. The molecular formula is C24H26N6O2S2. The summed E-state index contributed by atoms with van der Waals surface area (Å²) in [5.74, 6) is 3.02. The fraction of sp³-hybridized carbons (Fsp3) is 0.417. The molecule has 6 rings (SSSR count). The Balaban J connectivity index is 1.24. The molecule has 0 spiro atoms. The van der Waals surface area contributed by atoms with E-state index in [1.165, 1.54) is 43.4 Å². The number of piperidine rings is 1. The Kier molecular flexibility index (Phi) is 5.78.